The number of phenolic OH excluding ortho intramolecular Hbond substituents is 1. The molecule has 2 heterocycles. The van der Waals surface area contributed by atoms with Crippen LogP contribution in [0.5, 0.6) is 5.75 Å². The molecular weight excluding hydrogens is 334 g/mol. The Bertz CT molecular complexity index is 906. The first-order chi connectivity index (χ1) is 11.1. The fourth-order valence-corrected chi connectivity index (χ4v) is 3.25. The van der Waals surface area contributed by atoms with E-state index in [0.717, 1.165) is 21.5 Å². The van der Waals surface area contributed by atoms with Crippen LogP contribution in [0.1, 0.15) is 18.1 Å². The van der Waals surface area contributed by atoms with E-state index in [-0.39, 0.29) is 5.75 Å². The molecule has 0 spiro atoms. The number of aromatic hydroxyl groups is 1. The fraction of sp³-hybridized carbons (Fsp3) is 0.176. The van der Waals surface area contributed by atoms with Crippen LogP contribution in [0.2, 0.25) is 5.02 Å². The van der Waals surface area contributed by atoms with Gasteiger partial charge in [0.25, 0.3) is 0 Å². The Morgan fingerprint density at radius 1 is 1.26 bits per heavy atom. The van der Waals surface area contributed by atoms with E-state index in [1.165, 1.54) is 23.9 Å². The maximum Gasteiger partial charge on any atom is 0.336 e. The molecule has 0 aliphatic rings. The lowest BCUT2D eigenvalue weighted by Gasteiger charge is -2.08. The van der Waals surface area contributed by atoms with Crippen molar-refractivity contribution >= 4 is 34.3 Å². The molecule has 0 aliphatic heterocycles. The fourth-order valence-electron chi connectivity index (χ4n) is 2.31. The summed E-state index contributed by atoms with van der Waals surface area (Å²) in [4.78, 5) is 16.0. The number of nitrogens with zero attached hydrogens (tertiary/aromatic N) is 1. The molecule has 0 saturated heterocycles. The molecule has 3 aromatic rings. The van der Waals surface area contributed by atoms with Crippen molar-refractivity contribution in [3.05, 3.63) is 63.1 Å². The van der Waals surface area contributed by atoms with Crippen molar-refractivity contribution in [1.29, 1.82) is 0 Å². The van der Waals surface area contributed by atoms with Gasteiger partial charge >= 0.3 is 5.63 Å². The van der Waals surface area contributed by atoms with Crippen molar-refractivity contribution in [2.45, 2.75) is 24.1 Å². The van der Waals surface area contributed by atoms with Crippen molar-refractivity contribution in [3.8, 4) is 5.75 Å². The lowest BCUT2D eigenvalue weighted by molar-refractivity contribution is 0.466. The second-order valence-corrected chi connectivity index (χ2v) is 6.46. The van der Waals surface area contributed by atoms with Crippen LogP contribution in [-0.2, 0) is 12.2 Å². The van der Waals surface area contributed by atoms with Gasteiger partial charge in [0.1, 0.15) is 11.3 Å². The zero-order chi connectivity index (χ0) is 16.4. The third-order valence-electron chi connectivity index (χ3n) is 3.49. The number of phenols is 1. The molecular formula is C17H14ClNO3S. The van der Waals surface area contributed by atoms with Crippen molar-refractivity contribution in [2.75, 3.05) is 0 Å². The van der Waals surface area contributed by atoms with Gasteiger partial charge in [-0.3, -0.25) is 0 Å². The highest BCUT2D eigenvalue weighted by atomic mass is 35.5. The number of rotatable bonds is 4. The topological polar surface area (TPSA) is 63.3 Å². The van der Waals surface area contributed by atoms with Crippen LogP contribution in [0.25, 0.3) is 11.0 Å². The van der Waals surface area contributed by atoms with Gasteiger partial charge in [-0.25, -0.2) is 9.78 Å². The van der Waals surface area contributed by atoms with Crippen molar-refractivity contribution in [1.82, 2.24) is 4.98 Å². The summed E-state index contributed by atoms with van der Waals surface area (Å²) in [6, 6.07) is 8.48. The van der Waals surface area contributed by atoms with E-state index in [1.807, 2.05) is 19.1 Å². The van der Waals surface area contributed by atoms with E-state index >= 15 is 0 Å². The maximum atomic E-state index is 11.7. The van der Waals surface area contributed by atoms with Crippen LogP contribution in [0.15, 0.2) is 50.8 Å². The average molecular weight is 348 g/mol. The first kappa shape index (κ1) is 15.9. The Morgan fingerprint density at radius 3 is 2.78 bits per heavy atom. The van der Waals surface area contributed by atoms with Gasteiger partial charge in [0.05, 0.1) is 10.0 Å². The predicted octanol–water partition coefficient (Wildman–Crippen LogP) is 4.40. The summed E-state index contributed by atoms with van der Waals surface area (Å²) in [6.07, 6.45) is 2.29. The van der Waals surface area contributed by atoms with Gasteiger partial charge in [-0.1, -0.05) is 18.5 Å². The largest absolute Gasteiger partial charge is 0.508 e. The van der Waals surface area contributed by atoms with Crippen LogP contribution in [0.3, 0.4) is 0 Å². The van der Waals surface area contributed by atoms with E-state index in [0.29, 0.717) is 22.8 Å². The highest BCUT2D eigenvalue weighted by molar-refractivity contribution is 7.98. The van der Waals surface area contributed by atoms with Crippen molar-refractivity contribution in [3.63, 3.8) is 0 Å². The molecule has 3 rings (SSSR count). The molecule has 0 amide bonds. The number of hydrogen-bond acceptors (Lipinski definition) is 5. The minimum Gasteiger partial charge on any atom is -0.508 e. The molecule has 0 unspecified atom stereocenters. The molecule has 0 aliphatic carbocycles. The molecule has 0 saturated carbocycles. The van der Waals surface area contributed by atoms with Gasteiger partial charge in [-0.15, -0.1) is 11.8 Å². The van der Waals surface area contributed by atoms with Crippen LogP contribution in [-0.4, -0.2) is 10.1 Å². The Kier molecular flexibility index (Phi) is 4.59. The Labute approximate surface area is 142 Å². The lowest BCUT2D eigenvalue weighted by atomic mass is 10.1. The number of aromatic nitrogens is 1. The first-order valence-electron chi connectivity index (χ1n) is 7.10. The number of pyridine rings is 1. The van der Waals surface area contributed by atoms with Gasteiger partial charge < -0.3 is 9.52 Å². The van der Waals surface area contributed by atoms with Gasteiger partial charge in [0.2, 0.25) is 0 Å². The third-order valence-corrected chi connectivity index (χ3v) is 4.70. The monoisotopic (exact) mass is 347 g/mol. The molecule has 23 heavy (non-hydrogen) atoms. The predicted molar refractivity (Wildman–Crippen MR) is 92.3 cm³/mol. The van der Waals surface area contributed by atoms with Crippen molar-refractivity contribution in [2.24, 2.45) is 0 Å². The number of fused-ring (bicyclic) bond motifs is 1. The minimum absolute atomic E-state index is 0.146. The van der Waals surface area contributed by atoms with E-state index in [2.05, 4.69) is 4.98 Å². The Hall–Kier alpha value is -1.98. The lowest BCUT2D eigenvalue weighted by Crippen LogP contribution is -2.00. The Balaban J connectivity index is 1.98. The number of halogens is 1. The summed E-state index contributed by atoms with van der Waals surface area (Å²) >= 11 is 7.34. The van der Waals surface area contributed by atoms with E-state index < -0.39 is 5.63 Å². The van der Waals surface area contributed by atoms with Crippen LogP contribution in [0, 0.1) is 0 Å². The zero-order valence-corrected chi connectivity index (χ0v) is 13.9. The highest BCUT2D eigenvalue weighted by Gasteiger charge is 2.10. The first-order valence-corrected chi connectivity index (χ1v) is 8.46. The number of thioether (sulfide) groups is 1. The molecule has 2 aromatic heterocycles. The van der Waals surface area contributed by atoms with Crippen LogP contribution < -0.4 is 5.63 Å². The van der Waals surface area contributed by atoms with Crippen LogP contribution in [0.4, 0.5) is 0 Å². The summed E-state index contributed by atoms with van der Waals surface area (Å²) in [6.45, 7) is 1.96. The molecule has 0 bridgehead atoms. The molecule has 0 radical (unpaired) electrons. The molecule has 4 nitrogen and oxygen atoms in total. The highest BCUT2D eigenvalue weighted by Crippen LogP contribution is 2.30. The summed E-state index contributed by atoms with van der Waals surface area (Å²) in [7, 11) is 0. The van der Waals surface area contributed by atoms with Gasteiger partial charge in [-0.05, 0) is 35.7 Å². The molecule has 118 valence electrons. The van der Waals surface area contributed by atoms with E-state index in [4.69, 9.17) is 16.0 Å². The van der Waals surface area contributed by atoms with E-state index in [9.17, 15) is 9.90 Å². The average Bonchev–Trinajstić information content (AvgIpc) is 2.53. The summed E-state index contributed by atoms with van der Waals surface area (Å²) in [5, 5.41) is 12.2. The number of benzene rings is 1. The molecule has 6 heteroatoms. The second kappa shape index (κ2) is 6.64. The van der Waals surface area contributed by atoms with Gasteiger partial charge in [0, 0.05) is 29.5 Å². The summed E-state index contributed by atoms with van der Waals surface area (Å²) in [5.74, 6) is 0.720. The standard InChI is InChI=1S/C17H14ClNO3S/c1-2-10-5-13-11(6-17(21)22-15(13)7-14(10)20)9-23-16-4-3-12(18)8-19-16/h3-8,20H,2,9H2,1H3. The second-order valence-electron chi connectivity index (χ2n) is 5.02. The quantitative estimate of drug-likeness (QED) is 0.559. The molecule has 0 fully saturated rings. The minimum atomic E-state index is -0.430. The van der Waals surface area contributed by atoms with Gasteiger partial charge in [-0.2, -0.15) is 0 Å². The molecule has 1 N–H and O–H groups in total. The van der Waals surface area contributed by atoms with E-state index in [1.54, 1.807) is 12.3 Å². The summed E-state index contributed by atoms with van der Waals surface area (Å²) < 4.78 is 5.19. The zero-order valence-electron chi connectivity index (χ0n) is 12.4. The smallest absolute Gasteiger partial charge is 0.336 e. The number of aryl methyl sites for hydroxylation is 1. The van der Waals surface area contributed by atoms with Crippen LogP contribution >= 0.6 is 23.4 Å². The normalized spacial score (nSPS) is 11.0. The molecule has 0 atom stereocenters. The summed E-state index contributed by atoms with van der Waals surface area (Å²) in [5.41, 5.74) is 1.64. The maximum absolute atomic E-state index is 11.7. The number of hydrogen-bond donors (Lipinski definition) is 1. The Morgan fingerprint density at radius 2 is 2.09 bits per heavy atom. The SMILES string of the molecule is CCc1cc2c(CSc3ccc(Cl)cn3)cc(=O)oc2cc1O. The third kappa shape index (κ3) is 3.51. The van der Waals surface area contributed by atoms with Gasteiger partial charge in [0.15, 0.2) is 0 Å². The van der Waals surface area contributed by atoms with Crippen molar-refractivity contribution < 1.29 is 9.52 Å². The molecule has 1 aromatic carbocycles.